The summed E-state index contributed by atoms with van der Waals surface area (Å²) < 4.78 is 4.76. The predicted octanol–water partition coefficient (Wildman–Crippen LogP) is 9.49. The van der Waals surface area contributed by atoms with Gasteiger partial charge in [-0.05, 0) is 29.7 Å². The number of aromatic nitrogens is 4. The number of fused-ring (bicyclic) bond motifs is 9. The summed E-state index contributed by atoms with van der Waals surface area (Å²) in [6.07, 6.45) is 3.90. The zero-order chi connectivity index (χ0) is 27.6. The van der Waals surface area contributed by atoms with Crippen molar-refractivity contribution in [3.05, 3.63) is 146 Å². The van der Waals surface area contributed by atoms with Crippen LogP contribution in [0, 0.1) is 0 Å². The lowest BCUT2D eigenvalue weighted by atomic mass is 10.0. The molecule has 0 aliphatic rings. The van der Waals surface area contributed by atoms with Gasteiger partial charge < -0.3 is 9.13 Å². The molecular formula is C38H24N4. The van der Waals surface area contributed by atoms with Crippen LogP contribution in [-0.2, 0) is 0 Å². The summed E-state index contributed by atoms with van der Waals surface area (Å²) in [5, 5.41) is 7.31. The van der Waals surface area contributed by atoms with Gasteiger partial charge in [-0.25, -0.2) is 9.97 Å². The molecular weight excluding hydrogens is 512 g/mol. The van der Waals surface area contributed by atoms with Gasteiger partial charge >= 0.3 is 0 Å². The third kappa shape index (κ3) is 3.23. The molecule has 0 radical (unpaired) electrons. The maximum Gasteiger partial charge on any atom is 0.159 e. The van der Waals surface area contributed by atoms with Gasteiger partial charge in [0.05, 0.1) is 40.1 Å². The van der Waals surface area contributed by atoms with E-state index in [1.807, 2.05) is 42.7 Å². The monoisotopic (exact) mass is 536 g/mol. The first-order valence-corrected chi connectivity index (χ1v) is 14.2. The Morgan fingerprint density at radius 3 is 1.50 bits per heavy atom. The van der Waals surface area contributed by atoms with Crippen molar-refractivity contribution in [2.45, 2.75) is 0 Å². The molecule has 196 valence electrons. The first-order valence-electron chi connectivity index (χ1n) is 14.2. The second-order valence-electron chi connectivity index (χ2n) is 10.7. The molecule has 4 heteroatoms. The average Bonchev–Trinajstić information content (AvgIpc) is 3.59. The number of hydrogen-bond acceptors (Lipinski definition) is 2. The zero-order valence-corrected chi connectivity index (χ0v) is 22.6. The van der Waals surface area contributed by atoms with Gasteiger partial charge in [-0.2, -0.15) is 0 Å². The Morgan fingerprint density at radius 2 is 0.905 bits per heavy atom. The molecule has 42 heavy (non-hydrogen) atoms. The first kappa shape index (κ1) is 23.0. The molecule has 0 saturated carbocycles. The highest BCUT2D eigenvalue weighted by atomic mass is 15.0. The number of nitrogens with zero attached hydrogens (tertiary/aromatic N) is 4. The predicted molar refractivity (Wildman–Crippen MR) is 174 cm³/mol. The molecule has 0 bridgehead atoms. The van der Waals surface area contributed by atoms with Crippen LogP contribution >= 0.6 is 0 Å². The van der Waals surface area contributed by atoms with Crippen molar-refractivity contribution in [3.63, 3.8) is 0 Å². The van der Waals surface area contributed by atoms with Crippen LogP contribution < -0.4 is 0 Å². The van der Waals surface area contributed by atoms with Crippen molar-refractivity contribution in [1.29, 1.82) is 0 Å². The molecule has 9 rings (SSSR count). The van der Waals surface area contributed by atoms with Gasteiger partial charge in [0.25, 0.3) is 0 Å². The molecule has 0 aliphatic heterocycles. The molecule has 0 unspecified atom stereocenters. The van der Waals surface area contributed by atoms with Crippen LogP contribution in [0.15, 0.2) is 146 Å². The summed E-state index contributed by atoms with van der Waals surface area (Å²) in [5.74, 6) is 0.719. The van der Waals surface area contributed by atoms with Crippen LogP contribution in [0.3, 0.4) is 0 Å². The molecule has 3 aromatic heterocycles. The Kier molecular flexibility index (Phi) is 4.87. The topological polar surface area (TPSA) is 35.6 Å². The smallest absolute Gasteiger partial charge is 0.159 e. The highest BCUT2D eigenvalue weighted by Gasteiger charge is 2.21. The second kappa shape index (κ2) is 8.88. The molecule has 0 spiro atoms. The van der Waals surface area contributed by atoms with Crippen LogP contribution in [-0.4, -0.2) is 19.1 Å². The fraction of sp³-hybridized carbons (Fsp3) is 0. The Balaban J connectivity index is 1.46. The Bertz CT molecular complexity index is 2430. The van der Waals surface area contributed by atoms with Crippen LogP contribution in [0.1, 0.15) is 0 Å². The molecule has 0 N–H and O–H groups in total. The van der Waals surface area contributed by atoms with Crippen molar-refractivity contribution in [2.24, 2.45) is 0 Å². The molecule has 0 aliphatic carbocycles. The summed E-state index contributed by atoms with van der Waals surface area (Å²) in [6.45, 7) is 0. The summed E-state index contributed by atoms with van der Waals surface area (Å²) >= 11 is 0. The molecule has 3 heterocycles. The van der Waals surface area contributed by atoms with Crippen molar-refractivity contribution in [2.75, 3.05) is 0 Å². The highest BCUT2D eigenvalue weighted by molar-refractivity contribution is 6.28. The number of benzene rings is 6. The van der Waals surface area contributed by atoms with Gasteiger partial charge in [-0.1, -0.05) is 109 Å². The Morgan fingerprint density at radius 1 is 0.405 bits per heavy atom. The van der Waals surface area contributed by atoms with Crippen molar-refractivity contribution >= 4 is 54.4 Å². The Hall–Kier alpha value is -5.74. The van der Waals surface area contributed by atoms with E-state index in [-0.39, 0.29) is 0 Å². The highest BCUT2D eigenvalue weighted by Crippen LogP contribution is 2.42. The van der Waals surface area contributed by atoms with Gasteiger partial charge in [-0.15, -0.1) is 0 Å². The minimum Gasteiger partial charge on any atom is -0.309 e. The molecule has 9 aromatic rings. The third-order valence-corrected chi connectivity index (χ3v) is 8.39. The molecule has 4 nitrogen and oxygen atoms in total. The number of para-hydroxylation sites is 3. The van der Waals surface area contributed by atoms with Crippen LogP contribution in [0.4, 0.5) is 0 Å². The van der Waals surface area contributed by atoms with E-state index in [2.05, 4.69) is 112 Å². The fourth-order valence-electron chi connectivity index (χ4n) is 6.60. The number of rotatable bonds is 3. The van der Waals surface area contributed by atoms with E-state index < -0.39 is 0 Å². The minimum atomic E-state index is 0.719. The largest absolute Gasteiger partial charge is 0.309 e. The van der Waals surface area contributed by atoms with Crippen molar-refractivity contribution in [3.8, 4) is 22.8 Å². The lowest BCUT2D eigenvalue weighted by molar-refractivity contribution is 1.08. The summed E-state index contributed by atoms with van der Waals surface area (Å²) in [4.78, 5) is 9.65. The van der Waals surface area contributed by atoms with E-state index in [1.54, 1.807) is 0 Å². The quantitative estimate of drug-likeness (QED) is 0.225. The molecule has 0 saturated heterocycles. The average molecular weight is 537 g/mol. The van der Waals surface area contributed by atoms with E-state index in [1.165, 1.54) is 43.4 Å². The van der Waals surface area contributed by atoms with E-state index in [0.29, 0.717) is 0 Å². The van der Waals surface area contributed by atoms with Gasteiger partial charge in [0, 0.05) is 38.2 Å². The minimum absolute atomic E-state index is 0.719. The Labute approximate surface area is 241 Å². The third-order valence-electron chi connectivity index (χ3n) is 8.39. The maximum atomic E-state index is 4.82. The second-order valence-corrected chi connectivity index (χ2v) is 10.7. The number of hydrogen-bond donors (Lipinski definition) is 0. The van der Waals surface area contributed by atoms with Gasteiger partial charge in [-0.3, -0.25) is 0 Å². The van der Waals surface area contributed by atoms with E-state index in [9.17, 15) is 0 Å². The maximum absolute atomic E-state index is 4.82. The van der Waals surface area contributed by atoms with Gasteiger partial charge in [0.2, 0.25) is 0 Å². The van der Waals surface area contributed by atoms with Crippen LogP contribution in [0.25, 0.3) is 77.1 Å². The molecule has 0 fully saturated rings. The van der Waals surface area contributed by atoms with E-state index in [4.69, 9.17) is 9.97 Å². The van der Waals surface area contributed by atoms with Gasteiger partial charge in [0.1, 0.15) is 0 Å². The van der Waals surface area contributed by atoms with E-state index in [0.717, 1.165) is 33.8 Å². The summed E-state index contributed by atoms with van der Waals surface area (Å²) in [5.41, 5.74) is 7.79. The molecule has 0 atom stereocenters. The molecule has 0 amide bonds. The summed E-state index contributed by atoms with van der Waals surface area (Å²) in [6, 6.07) is 47.2. The lowest BCUT2D eigenvalue weighted by Gasteiger charge is -2.13. The van der Waals surface area contributed by atoms with Crippen LogP contribution in [0.2, 0.25) is 0 Å². The SMILES string of the molecule is c1ccc(-c2ncc(-n3c4ccccc4c4ccc5ccc6c7ccccc7n(-c7ccccc7)c6c5c43)cn2)cc1. The van der Waals surface area contributed by atoms with Crippen LogP contribution in [0.5, 0.6) is 0 Å². The standard InChI is InChI=1S/C38H24N4/c1-3-11-26(12-4-1)38-39-23-28(24-40-38)42-34-18-10-8-16-30(34)32-22-20-25-19-21-31-29-15-7-9-17-33(29)41(27-13-5-2-6-14-27)36(31)35(25)37(32)42/h1-24H. The van der Waals surface area contributed by atoms with E-state index >= 15 is 0 Å². The first-order chi connectivity index (χ1) is 20.9. The lowest BCUT2D eigenvalue weighted by Crippen LogP contribution is -1.99. The molecule has 6 aromatic carbocycles. The van der Waals surface area contributed by atoms with Crippen molar-refractivity contribution < 1.29 is 0 Å². The summed E-state index contributed by atoms with van der Waals surface area (Å²) in [7, 11) is 0. The van der Waals surface area contributed by atoms with Gasteiger partial charge in [0.15, 0.2) is 5.82 Å². The normalized spacial score (nSPS) is 11.8. The fourth-order valence-corrected chi connectivity index (χ4v) is 6.60. The zero-order valence-electron chi connectivity index (χ0n) is 22.6. The van der Waals surface area contributed by atoms with Crippen molar-refractivity contribution in [1.82, 2.24) is 19.1 Å².